The topological polar surface area (TPSA) is 113 Å². The molecule has 0 N–H and O–H groups in total. The van der Waals surface area contributed by atoms with Gasteiger partial charge >= 0.3 is 17.9 Å². The van der Waals surface area contributed by atoms with Gasteiger partial charge in [0.15, 0.2) is 0 Å². The molecule has 9 nitrogen and oxygen atoms in total. The zero-order valence-electron chi connectivity index (χ0n) is 29.4. The van der Waals surface area contributed by atoms with Crippen LogP contribution in [-0.2, 0) is 16.0 Å². The number of unbranched alkanes of at least 4 members (excludes halogenated alkanes) is 3. The van der Waals surface area contributed by atoms with Crippen molar-refractivity contribution in [1.29, 1.82) is 0 Å². The molecule has 1 unspecified atom stereocenters. The number of carbonyl (C=O) groups is 3. The standard InChI is InChI=1S/C41H46N2O7/c1-5-11-31-12-18-34(19-13-31)42-43-35-20-25-38(30(4)28-35)50-41(46)33-16-23-37(24-17-33)49-40(45)32-14-21-36(22-15-32)47-26-9-7-8-10-27-48-39(44)29(3)6-2/h12-25,28-29H,5-11,26-27H2,1-4H3. The fraction of sp³-hybridized carbons (Fsp3) is 0.341. The molecule has 0 amide bonds. The highest BCUT2D eigenvalue weighted by atomic mass is 16.5. The molecule has 262 valence electrons. The molecule has 0 fully saturated rings. The molecule has 4 rings (SSSR count). The Kier molecular flexibility index (Phi) is 14.7. The molecule has 0 heterocycles. The zero-order chi connectivity index (χ0) is 35.7. The monoisotopic (exact) mass is 678 g/mol. The number of aryl methyl sites for hydroxylation is 2. The van der Waals surface area contributed by atoms with E-state index in [0.717, 1.165) is 56.2 Å². The molecule has 9 heteroatoms. The fourth-order valence-electron chi connectivity index (χ4n) is 4.84. The van der Waals surface area contributed by atoms with E-state index in [2.05, 4.69) is 29.3 Å². The first-order valence-electron chi connectivity index (χ1n) is 17.3. The molecule has 0 aromatic heterocycles. The van der Waals surface area contributed by atoms with E-state index in [1.165, 1.54) is 5.56 Å². The summed E-state index contributed by atoms with van der Waals surface area (Å²) in [5, 5.41) is 8.62. The first-order valence-corrected chi connectivity index (χ1v) is 17.3. The smallest absolute Gasteiger partial charge is 0.343 e. The van der Waals surface area contributed by atoms with Gasteiger partial charge in [0.25, 0.3) is 0 Å². The van der Waals surface area contributed by atoms with E-state index in [-0.39, 0.29) is 11.9 Å². The molecule has 0 bridgehead atoms. The summed E-state index contributed by atoms with van der Waals surface area (Å²) in [6, 6.07) is 26.2. The van der Waals surface area contributed by atoms with E-state index in [1.54, 1.807) is 66.7 Å². The largest absolute Gasteiger partial charge is 0.494 e. The van der Waals surface area contributed by atoms with Crippen molar-refractivity contribution in [1.82, 2.24) is 0 Å². The number of azo groups is 1. The Labute approximate surface area is 294 Å². The van der Waals surface area contributed by atoms with Gasteiger partial charge in [0.05, 0.1) is 41.6 Å². The van der Waals surface area contributed by atoms with Gasteiger partial charge < -0.3 is 18.9 Å². The fourth-order valence-corrected chi connectivity index (χ4v) is 4.84. The first-order chi connectivity index (χ1) is 24.2. The van der Waals surface area contributed by atoms with Gasteiger partial charge in [-0.2, -0.15) is 10.2 Å². The highest BCUT2D eigenvalue weighted by Gasteiger charge is 2.14. The van der Waals surface area contributed by atoms with Gasteiger partial charge in [0, 0.05) is 0 Å². The van der Waals surface area contributed by atoms with Gasteiger partial charge in [-0.05, 0) is 135 Å². The molecule has 0 aliphatic rings. The number of nitrogens with zero attached hydrogens (tertiary/aromatic N) is 2. The molecular formula is C41H46N2O7. The first kappa shape index (κ1) is 37.5. The molecule has 1 atom stereocenters. The summed E-state index contributed by atoms with van der Waals surface area (Å²) >= 11 is 0. The number of carbonyl (C=O) groups excluding carboxylic acids is 3. The van der Waals surface area contributed by atoms with Crippen LogP contribution in [0.3, 0.4) is 0 Å². The normalized spacial score (nSPS) is 11.6. The van der Waals surface area contributed by atoms with Crippen molar-refractivity contribution >= 4 is 29.3 Å². The van der Waals surface area contributed by atoms with Gasteiger partial charge in [-0.15, -0.1) is 0 Å². The second kappa shape index (κ2) is 19.6. The number of esters is 3. The SMILES string of the molecule is CCCc1ccc(N=Nc2ccc(OC(=O)c3ccc(OC(=O)c4ccc(OCCCCCCOC(=O)C(C)CC)cc4)cc3)c(C)c2)cc1. The van der Waals surface area contributed by atoms with Crippen molar-refractivity contribution in [2.24, 2.45) is 16.1 Å². The summed E-state index contributed by atoms with van der Waals surface area (Å²) in [6.45, 7) is 8.84. The Bertz CT molecular complexity index is 1720. The van der Waals surface area contributed by atoms with Crippen LogP contribution in [0.4, 0.5) is 11.4 Å². The van der Waals surface area contributed by atoms with Crippen LogP contribution in [0.1, 0.15) is 91.1 Å². The van der Waals surface area contributed by atoms with Gasteiger partial charge in [0.1, 0.15) is 17.2 Å². The third-order valence-corrected chi connectivity index (χ3v) is 8.07. The summed E-state index contributed by atoms with van der Waals surface area (Å²) in [6.07, 6.45) is 6.56. The van der Waals surface area contributed by atoms with Crippen molar-refractivity contribution in [3.8, 4) is 17.2 Å². The molecule has 4 aromatic carbocycles. The third kappa shape index (κ3) is 12.0. The minimum Gasteiger partial charge on any atom is -0.494 e. The number of rotatable bonds is 18. The number of ether oxygens (including phenoxy) is 4. The summed E-state index contributed by atoms with van der Waals surface area (Å²) in [4.78, 5) is 37.2. The lowest BCUT2D eigenvalue weighted by molar-refractivity contribution is -0.148. The van der Waals surface area contributed by atoms with Crippen LogP contribution in [0.25, 0.3) is 0 Å². The van der Waals surface area contributed by atoms with E-state index in [4.69, 9.17) is 18.9 Å². The maximum absolute atomic E-state index is 12.8. The Morgan fingerprint density at radius 3 is 1.86 bits per heavy atom. The highest BCUT2D eigenvalue weighted by Crippen LogP contribution is 2.27. The number of benzene rings is 4. The van der Waals surface area contributed by atoms with Gasteiger partial charge in [-0.25, -0.2) is 9.59 Å². The van der Waals surface area contributed by atoms with Crippen LogP contribution >= 0.6 is 0 Å². The van der Waals surface area contributed by atoms with E-state index < -0.39 is 11.9 Å². The minimum atomic E-state index is -0.536. The van der Waals surface area contributed by atoms with E-state index in [9.17, 15) is 14.4 Å². The summed E-state index contributed by atoms with van der Waals surface area (Å²) in [5.41, 5.74) is 4.11. The van der Waals surface area contributed by atoms with E-state index in [0.29, 0.717) is 47.3 Å². The Morgan fingerprint density at radius 2 is 1.24 bits per heavy atom. The maximum Gasteiger partial charge on any atom is 0.343 e. The Hall–Kier alpha value is -5.31. The van der Waals surface area contributed by atoms with E-state index >= 15 is 0 Å². The lowest BCUT2D eigenvalue weighted by atomic mass is 10.1. The second-order valence-corrected chi connectivity index (χ2v) is 12.1. The summed E-state index contributed by atoms with van der Waals surface area (Å²) < 4.78 is 22.2. The molecule has 0 aliphatic carbocycles. The van der Waals surface area contributed by atoms with Crippen molar-refractivity contribution < 1.29 is 33.3 Å². The van der Waals surface area contributed by atoms with Crippen LogP contribution in [0, 0.1) is 12.8 Å². The quantitative estimate of drug-likeness (QED) is 0.0445. The average Bonchev–Trinajstić information content (AvgIpc) is 3.13. The molecule has 0 radical (unpaired) electrons. The minimum absolute atomic E-state index is 0.0495. The van der Waals surface area contributed by atoms with Crippen LogP contribution in [0.2, 0.25) is 0 Å². The van der Waals surface area contributed by atoms with E-state index in [1.807, 2.05) is 32.9 Å². The van der Waals surface area contributed by atoms with Gasteiger partial charge in [0.2, 0.25) is 0 Å². The number of hydrogen-bond acceptors (Lipinski definition) is 9. The van der Waals surface area contributed by atoms with Gasteiger partial charge in [-0.1, -0.05) is 39.3 Å². The van der Waals surface area contributed by atoms with Crippen molar-refractivity contribution in [2.45, 2.75) is 72.6 Å². The molecule has 4 aromatic rings. The summed E-state index contributed by atoms with van der Waals surface area (Å²) in [7, 11) is 0. The molecular weight excluding hydrogens is 632 g/mol. The van der Waals surface area contributed by atoms with Crippen molar-refractivity contribution in [3.63, 3.8) is 0 Å². The predicted molar refractivity (Wildman–Crippen MR) is 193 cm³/mol. The van der Waals surface area contributed by atoms with Crippen molar-refractivity contribution in [3.05, 3.63) is 113 Å². The lowest BCUT2D eigenvalue weighted by Gasteiger charge is -2.10. The molecule has 0 saturated heterocycles. The Morgan fingerprint density at radius 1 is 0.660 bits per heavy atom. The Balaban J connectivity index is 1.18. The van der Waals surface area contributed by atoms with Crippen LogP contribution in [0.5, 0.6) is 17.2 Å². The molecule has 50 heavy (non-hydrogen) atoms. The molecule has 0 saturated carbocycles. The number of hydrogen-bond donors (Lipinski definition) is 0. The van der Waals surface area contributed by atoms with Gasteiger partial charge in [-0.3, -0.25) is 4.79 Å². The lowest BCUT2D eigenvalue weighted by Crippen LogP contribution is -2.14. The van der Waals surface area contributed by atoms with Crippen LogP contribution < -0.4 is 14.2 Å². The third-order valence-electron chi connectivity index (χ3n) is 8.07. The van der Waals surface area contributed by atoms with Crippen LogP contribution in [0.15, 0.2) is 101 Å². The molecule has 0 spiro atoms. The molecule has 0 aliphatic heterocycles. The van der Waals surface area contributed by atoms with Crippen LogP contribution in [-0.4, -0.2) is 31.1 Å². The maximum atomic E-state index is 12.8. The summed E-state index contributed by atoms with van der Waals surface area (Å²) in [5.74, 6) is 0.135. The highest BCUT2D eigenvalue weighted by molar-refractivity contribution is 5.93. The zero-order valence-corrected chi connectivity index (χ0v) is 29.4. The second-order valence-electron chi connectivity index (χ2n) is 12.1. The van der Waals surface area contributed by atoms with Crippen molar-refractivity contribution in [2.75, 3.05) is 13.2 Å². The average molecular weight is 679 g/mol. The predicted octanol–water partition coefficient (Wildman–Crippen LogP) is 10.3.